The van der Waals surface area contributed by atoms with Gasteiger partial charge >= 0.3 is 0 Å². The summed E-state index contributed by atoms with van der Waals surface area (Å²) >= 11 is 0. The second kappa shape index (κ2) is 4.46. The van der Waals surface area contributed by atoms with Gasteiger partial charge in [0.1, 0.15) is 5.75 Å². The fourth-order valence-electron chi connectivity index (χ4n) is 2.21. The summed E-state index contributed by atoms with van der Waals surface area (Å²) in [5.41, 5.74) is 2.65. The minimum absolute atomic E-state index is 0.0429. The molecule has 1 aliphatic heterocycles. The highest BCUT2D eigenvalue weighted by Gasteiger charge is 2.21. The zero-order valence-electron chi connectivity index (χ0n) is 10.1. The van der Waals surface area contributed by atoms with Gasteiger partial charge in [-0.2, -0.15) is 0 Å². The molecule has 1 aromatic carbocycles. The van der Waals surface area contributed by atoms with E-state index in [1.807, 2.05) is 0 Å². The van der Waals surface area contributed by atoms with E-state index in [0.29, 0.717) is 0 Å². The predicted octanol–water partition coefficient (Wildman–Crippen LogP) is 2.67. The van der Waals surface area contributed by atoms with E-state index in [2.05, 4.69) is 32.0 Å². The van der Waals surface area contributed by atoms with Gasteiger partial charge in [0.2, 0.25) is 0 Å². The number of hydrogen-bond acceptors (Lipinski definition) is 2. The molecule has 1 heterocycles. The molecule has 0 aromatic heterocycles. The van der Waals surface area contributed by atoms with Crippen molar-refractivity contribution in [2.24, 2.45) is 0 Å². The van der Waals surface area contributed by atoms with Gasteiger partial charge in [-0.05, 0) is 41.9 Å². The zero-order valence-corrected chi connectivity index (χ0v) is 10.1. The Balaban J connectivity index is 2.29. The van der Waals surface area contributed by atoms with Crippen molar-refractivity contribution in [1.82, 2.24) is 0 Å². The van der Waals surface area contributed by atoms with Crippen LogP contribution in [0.3, 0.4) is 0 Å². The first-order valence-corrected chi connectivity index (χ1v) is 6.00. The minimum atomic E-state index is 0.0429. The Kier molecular flexibility index (Phi) is 3.20. The third-order valence-electron chi connectivity index (χ3n) is 3.43. The topological polar surface area (TPSA) is 29.5 Å². The smallest absolute Gasteiger partial charge is 0.122 e. The molecule has 0 bridgehead atoms. The Morgan fingerprint density at radius 3 is 2.94 bits per heavy atom. The van der Waals surface area contributed by atoms with Crippen LogP contribution in [0, 0.1) is 0 Å². The summed E-state index contributed by atoms with van der Waals surface area (Å²) in [7, 11) is 0. The van der Waals surface area contributed by atoms with E-state index in [1.165, 1.54) is 11.1 Å². The average Bonchev–Trinajstić information content (AvgIpc) is 2.28. The Hall–Kier alpha value is -1.02. The molecule has 2 rings (SSSR count). The molecule has 0 amide bonds. The van der Waals surface area contributed by atoms with E-state index in [1.54, 1.807) is 0 Å². The van der Waals surface area contributed by atoms with Crippen LogP contribution >= 0.6 is 0 Å². The standard InChI is InChI=1S/C14H20O2/c1-14(2,7-8-15)12-5-6-13-11(10-12)4-3-9-16-13/h5-6,10,15H,3-4,7-9H2,1-2H3. The summed E-state index contributed by atoms with van der Waals surface area (Å²) in [4.78, 5) is 0. The fraction of sp³-hybridized carbons (Fsp3) is 0.571. The van der Waals surface area contributed by atoms with E-state index in [9.17, 15) is 0 Å². The highest BCUT2D eigenvalue weighted by Crippen LogP contribution is 2.32. The van der Waals surface area contributed by atoms with Gasteiger partial charge in [-0.3, -0.25) is 0 Å². The Morgan fingerprint density at radius 2 is 2.19 bits per heavy atom. The van der Waals surface area contributed by atoms with E-state index < -0.39 is 0 Å². The summed E-state index contributed by atoms with van der Waals surface area (Å²) in [6, 6.07) is 6.44. The van der Waals surface area contributed by atoms with Crippen LogP contribution in [0.15, 0.2) is 18.2 Å². The zero-order chi connectivity index (χ0) is 11.6. The number of fused-ring (bicyclic) bond motifs is 1. The molecule has 1 aromatic rings. The first-order valence-electron chi connectivity index (χ1n) is 6.00. The van der Waals surface area contributed by atoms with Crippen LogP contribution in [0.4, 0.5) is 0 Å². The molecule has 0 unspecified atom stereocenters. The molecule has 88 valence electrons. The van der Waals surface area contributed by atoms with Crippen molar-refractivity contribution in [1.29, 1.82) is 0 Å². The molecule has 0 saturated heterocycles. The second-order valence-corrected chi connectivity index (χ2v) is 5.13. The summed E-state index contributed by atoms with van der Waals surface area (Å²) in [6.45, 7) is 5.43. The number of aliphatic hydroxyl groups excluding tert-OH is 1. The van der Waals surface area contributed by atoms with E-state index >= 15 is 0 Å². The van der Waals surface area contributed by atoms with E-state index in [4.69, 9.17) is 9.84 Å². The molecule has 0 aliphatic carbocycles. The lowest BCUT2D eigenvalue weighted by Crippen LogP contribution is -2.20. The number of rotatable bonds is 3. The Morgan fingerprint density at radius 1 is 1.38 bits per heavy atom. The lowest BCUT2D eigenvalue weighted by molar-refractivity contribution is 0.251. The van der Waals surface area contributed by atoms with E-state index in [0.717, 1.165) is 31.6 Å². The molecule has 2 heteroatoms. The van der Waals surface area contributed by atoms with Crippen molar-refractivity contribution in [2.45, 2.75) is 38.5 Å². The van der Waals surface area contributed by atoms with E-state index in [-0.39, 0.29) is 12.0 Å². The van der Waals surface area contributed by atoms with Crippen molar-refractivity contribution in [3.8, 4) is 5.75 Å². The first kappa shape index (κ1) is 11.5. The van der Waals surface area contributed by atoms with Crippen LogP contribution in [0.1, 0.15) is 37.8 Å². The normalized spacial score (nSPS) is 15.4. The third kappa shape index (κ3) is 2.22. The van der Waals surface area contributed by atoms with Gasteiger partial charge in [0, 0.05) is 6.61 Å². The second-order valence-electron chi connectivity index (χ2n) is 5.13. The van der Waals surface area contributed by atoms with Gasteiger partial charge in [-0.25, -0.2) is 0 Å². The molecule has 0 atom stereocenters. The molecule has 0 radical (unpaired) electrons. The molecule has 0 saturated carbocycles. The monoisotopic (exact) mass is 220 g/mol. The van der Waals surface area contributed by atoms with Crippen molar-refractivity contribution in [3.63, 3.8) is 0 Å². The number of ether oxygens (including phenoxy) is 1. The molecule has 2 nitrogen and oxygen atoms in total. The van der Waals surface area contributed by atoms with Crippen molar-refractivity contribution < 1.29 is 9.84 Å². The molecule has 1 aliphatic rings. The van der Waals surface area contributed by atoms with Gasteiger partial charge in [0.15, 0.2) is 0 Å². The van der Waals surface area contributed by atoms with Crippen LogP contribution < -0.4 is 4.74 Å². The highest BCUT2D eigenvalue weighted by atomic mass is 16.5. The van der Waals surface area contributed by atoms with Crippen molar-refractivity contribution >= 4 is 0 Å². The van der Waals surface area contributed by atoms with Crippen molar-refractivity contribution in [2.75, 3.05) is 13.2 Å². The van der Waals surface area contributed by atoms with Gasteiger partial charge in [0.05, 0.1) is 6.61 Å². The maximum Gasteiger partial charge on any atom is 0.122 e. The third-order valence-corrected chi connectivity index (χ3v) is 3.43. The van der Waals surface area contributed by atoms with Crippen molar-refractivity contribution in [3.05, 3.63) is 29.3 Å². The molecule has 1 N–H and O–H groups in total. The lowest BCUT2D eigenvalue weighted by Gasteiger charge is -2.26. The SMILES string of the molecule is CC(C)(CCO)c1ccc2c(c1)CCCO2. The lowest BCUT2D eigenvalue weighted by atomic mass is 9.80. The molecular weight excluding hydrogens is 200 g/mol. The van der Waals surface area contributed by atoms with Crippen LogP contribution in [-0.4, -0.2) is 18.3 Å². The minimum Gasteiger partial charge on any atom is -0.493 e. The number of aryl methyl sites for hydroxylation is 1. The highest BCUT2D eigenvalue weighted by molar-refractivity contribution is 5.40. The number of aliphatic hydroxyl groups is 1. The maximum absolute atomic E-state index is 9.08. The number of hydrogen-bond donors (Lipinski definition) is 1. The maximum atomic E-state index is 9.08. The first-order chi connectivity index (χ1) is 7.63. The van der Waals surface area contributed by atoms with Gasteiger partial charge < -0.3 is 9.84 Å². The molecule has 0 spiro atoms. The van der Waals surface area contributed by atoms with Gasteiger partial charge in [-0.1, -0.05) is 26.0 Å². The quantitative estimate of drug-likeness (QED) is 0.848. The van der Waals surface area contributed by atoms with Gasteiger partial charge in [-0.15, -0.1) is 0 Å². The Bertz CT molecular complexity index is 369. The summed E-state index contributed by atoms with van der Waals surface area (Å²) in [6.07, 6.45) is 3.02. The molecule has 16 heavy (non-hydrogen) atoms. The average molecular weight is 220 g/mol. The molecule has 0 fully saturated rings. The summed E-state index contributed by atoms with van der Waals surface area (Å²) in [5, 5.41) is 9.08. The largest absolute Gasteiger partial charge is 0.493 e. The molecular formula is C14H20O2. The van der Waals surface area contributed by atoms with Crippen LogP contribution in [0.5, 0.6) is 5.75 Å². The predicted molar refractivity (Wildman–Crippen MR) is 65.0 cm³/mol. The fourth-order valence-corrected chi connectivity index (χ4v) is 2.21. The van der Waals surface area contributed by atoms with Crippen LogP contribution in [-0.2, 0) is 11.8 Å². The van der Waals surface area contributed by atoms with Crippen LogP contribution in [0.2, 0.25) is 0 Å². The Labute approximate surface area is 97.3 Å². The number of benzene rings is 1. The van der Waals surface area contributed by atoms with Gasteiger partial charge in [0.25, 0.3) is 0 Å². The summed E-state index contributed by atoms with van der Waals surface area (Å²) < 4.78 is 5.60. The summed E-state index contributed by atoms with van der Waals surface area (Å²) in [5.74, 6) is 1.04. The van der Waals surface area contributed by atoms with Crippen LogP contribution in [0.25, 0.3) is 0 Å².